The lowest BCUT2D eigenvalue weighted by Crippen LogP contribution is -2.43. The van der Waals surface area contributed by atoms with Crippen LogP contribution in [-0.2, 0) is 10.0 Å². The second-order valence-electron chi connectivity index (χ2n) is 10.3. The molecule has 0 atom stereocenters. The van der Waals surface area contributed by atoms with Crippen LogP contribution in [0.25, 0.3) is 12.2 Å². The standard InChI is InChI=1S/C29H35ClN6O3S/c1-39-28-22(11-16-27(34-28)35-40(37,38)26-8-4-3-7-25(26)30)10-9-21-19-31-29(32-20-21)33-23-12-14-24(15-13-23)36-17-5-2-6-18-36/h3-4,7-11,16,19-20,23-24H,2,5-6,12-15,17-18H2,1H3,(H,34,35)(H,31,32,33)/b10-9+/t23-,24-. The van der Waals surface area contributed by atoms with Crippen molar-refractivity contribution in [2.45, 2.75) is 61.9 Å². The Morgan fingerprint density at radius 2 is 1.70 bits per heavy atom. The van der Waals surface area contributed by atoms with E-state index in [-0.39, 0.29) is 21.6 Å². The van der Waals surface area contributed by atoms with Crippen LogP contribution in [0.5, 0.6) is 5.88 Å². The van der Waals surface area contributed by atoms with Crippen molar-refractivity contribution in [2.24, 2.45) is 0 Å². The van der Waals surface area contributed by atoms with Crippen molar-refractivity contribution in [3.05, 3.63) is 64.9 Å². The predicted octanol–water partition coefficient (Wildman–Crippen LogP) is 5.71. The highest BCUT2D eigenvalue weighted by molar-refractivity contribution is 7.92. The number of halogens is 1. The van der Waals surface area contributed by atoms with Crippen LogP contribution < -0.4 is 14.8 Å². The van der Waals surface area contributed by atoms with Crippen LogP contribution in [0.4, 0.5) is 11.8 Å². The maximum absolute atomic E-state index is 12.7. The molecule has 0 spiro atoms. The van der Waals surface area contributed by atoms with Crippen LogP contribution in [0.3, 0.4) is 0 Å². The largest absolute Gasteiger partial charge is 0.481 e. The molecule has 9 nitrogen and oxygen atoms in total. The number of aromatic nitrogens is 3. The molecule has 0 radical (unpaired) electrons. The minimum absolute atomic E-state index is 0.0236. The van der Waals surface area contributed by atoms with E-state index in [1.807, 2.05) is 12.2 Å². The molecule has 2 fully saturated rings. The highest BCUT2D eigenvalue weighted by Crippen LogP contribution is 2.28. The van der Waals surface area contributed by atoms with E-state index >= 15 is 0 Å². The summed E-state index contributed by atoms with van der Waals surface area (Å²) in [6.45, 7) is 2.52. The summed E-state index contributed by atoms with van der Waals surface area (Å²) in [5.41, 5.74) is 1.50. The van der Waals surface area contributed by atoms with E-state index in [9.17, 15) is 8.42 Å². The first kappa shape index (κ1) is 28.3. The van der Waals surface area contributed by atoms with Gasteiger partial charge in [-0.2, -0.15) is 4.98 Å². The van der Waals surface area contributed by atoms with Gasteiger partial charge in [-0.1, -0.05) is 36.2 Å². The number of hydrogen-bond acceptors (Lipinski definition) is 8. The molecule has 11 heteroatoms. The van der Waals surface area contributed by atoms with Gasteiger partial charge in [0.05, 0.1) is 12.1 Å². The first-order valence-electron chi connectivity index (χ1n) is 13.7. The number of rotatable bonds is 9. The van der Waals surface area contributed by atoms with Crippen molar-refractivity contribution in [3.8, 4) is 5.88 Å². The summed E-state index contributed by atoms with van der Waals surface area (Å²) in [4.78, 5) is 16.0. The molecular weight excluding hydrogens is 548 g/mol. The molecule has 2 aromatic heterocycles. The maximum atomic E-state index is 12.7. The maximum Gasteiger partial charge on any atom is 0.264 e. The molecule has 0 bridgehead atoms. The topological polar surface area (TPSA) is 109 Å². The van der Waals surface area contributed by atoms with E-state index in [0.29, 0.717) is 17.6 Å². The molecule has 3 heterocycles. The predicted molar refractivity (Wildman–Crippen MR) is 159 cm³/mol. The number of sulfonamides is 1. The second-order valence-corrected chi connectivity index (χ2v) is 12.3. The zero-order chi connectivity index (χ0) is 28.0. The Hall–Kier alpha value is -3.21. The zero-order valence-corrected chi connectivity index (χ0v) is 24.2. The Morgan fingerprint density at radius 1 is 0.975 bits per heavy atom. The summed E-state index contributed by atoms with van der Waals surface area (Å²) < 4.78 is 33.3. The third kappa shape index (κ3) is 7.10. The number of nitrogens with zero attached hydrogens (tertiary/aromatic N) is 4. The highest BCUT2D eigenvalue weighted by atomic mass is 35.5. The normalized spacial score (nSPS) is 20.4. The van der Waals surface area contributed by atoms with E-state index < -0.39 is 10.0 Å². The quantitative estimate of drug-likeness (QED) is 0.330. The number of anilines is 2. The lowest BCUT2D eigenvalue weighted by Gasteiger charge is -2.39. The number of pyridine rings is 1. The lowest BCUT2D eigenvalue weighted by atomic mass is 9.89. The van der Waals surface area contributed by atoms with Gasteiger partial charge in [0.25, 0.3) is 10.0 Å². The molecule has 0 unspecified atom stereocenters. The van der Waals surface area contributed by atoms with Crippen LogP contribution in [-0.4, -0.2) is 60.6 Å². The molecule has 2 aliphatic rings. The van der Waals surface area contributed by atoms with Gasteiger partial charge in [0, 0.05) is 35.6 Å². The van der Waals surface area contributed by atoms with Crippen LogP contribution in [0.15, 0.2) is 53.7 Å². The average molecular weight is 583 g/mol. The van der Waals surface area contributed by atoms with Gasteiger partial charge in [-0.05, 0) is 82.0 Å². The number of ether oxygens (including phenoxy) is 1. The van der Waals surface area contributed by atoms with Crippen molar-refractivity contribution >= 4 is 45.5 Å². The molecule has 2 N–H and O–H groups in total. The van der Waals surface area contributed by atoms with Gasteiger partial charge in [-0.3, -0.25) is 4.72 Å². The van der Waals surface area contributed by atoms with Gasteiger partial charge in [-0.25, -0.2) is 18.4 Å². The van der Waals surface area contributed by atoms with Crippen LogP contribution in [0.1, 0.15) is 56.1 Å². The van der Waals surface area contributed by atoms with E-state index in [1.165, 1.54) is 64.4 Å². The van der Waals surface area contributed by atoms with Crippen LogP contribution in [0.2, 0.25) is 5.02 Å². The van der Waals surface area contributed by atoms with Gasteiger partial charge in [-0.15, -0.1) is 0 Å². The van der Waals surface area contributed by atoms with Crippen molar-refractivity contribution in [2.75, 3.05) is 30.2 Å². The van der Waals surface area contributed by atoms with E-state index in [4.69, 9.17) is 16.3 Å². The van der Waals surface area contributed by atoms with E-state index in [2.05, 4.69) is 29.9 Å². The summed E-state index contributed by atoms with van der Waals surface area (Å²) in [5, 5.41) is 3.63. The molecule has 40 heavy (non-hydrogen) atoms. The number of methoxy groups -OCH3 is 1. The molecule has 1 aliphatic heterocycles. The van der Waals surface area contributed by atoms with Crippen molar-refractivity contribution in [3.63, 3.8) is 0 Å². The number of likely N-dealkylation sites (tertiary alicyclic amines) is 1. The van der Waals surface area contributed by atoms with Crippen LogP contribution in [0, 0.1) is 0 Å². The fourth-order valence-corrected chi connectivity index (χ4v) is 6.91. The minimum Gasteiger partial charge on any atom is -0.481 e. The molecule has 3 aromatic rings. The number of benzene rings is 1. The molecule has 1 saturated carbocycles. The molecular formula is C29H35ClN6O3S. The van der Waals surface area contributed by atoms with Gasteiger partial charge in [0.1, 0.15) is 10.7 Å². The number of nitrogens with one attached hydrogen (secondary N) is 2. The Morgan fingerprint density at radius 3 is 2.40 bits per heavy atom. The third-order valence-electron chi connectivity index (χ3n) is 7.51. The lowest BCUT2D eigenvalue weighted by molar-refractivity contribution is 0.127. The summed E-state index contributed by atoms with van der Waals surface area (Å²) in [6, 6.07) is 10.7. The molecule has 212 valence electrons. The zero-order valence-electron chi connectivity index (χ0n) is 22.6. The van der Waals surface area contributed by atoms with Gasteiger partial charge in [0.2, 0.25) is 11.8 Å². The summed E-state index contributed by atoms with van der Waals surface area (Å²) in [5.74, 6) is 1.04. The van der Waals surface area contributed by atoms with E-state index in [0.717, 1.165) is 24.4 Å². The minimum atomic E-state index is -3.90. The Bertz CT molecular complexity index is 1420. The van der Waals surface area contributed by atoms with E-state index in [1.54, 1.807) is 36.7 Å². The van der Waals surface area contributed by atoms with Crippen molar-refractivity contribution in [1.82, 2.24) is 19.9 Å². The van der Waals surface area contributed by atoms with Crippen LogP contribution >= 0.6 is 11.6 Å². The highest BCUT2D eigenvalue weighted by Gasteiger charge is 2.27. The van der Waals surface area contributed by atoms with Crippen molar-refractivity contribution in [1.29, 1.82) is 0 Å². The molecule has 0 amide bonds. The van der Waals surface area contributed by atoms with Gasteiger partial charge >= 0.3 is 0 Å². The third-order valence-corrected chi connectivity index (χ3v) is 9.37. The monoisotopic (exact) mass is 582 g/mol. The Balaban J connectivity index is 1.17. The smallest absolute Gasteiger partial charge is 0.264 e. The Kier molecular flexibility index (Phi) is 9.18. The fourth-order valence-electron chi connectivity index (χ4n) is 5.39. The fraction of sp³-hybridized carbons (Fsp3) is 0.414. The second kappa shape index (κ2) is 13.0. The average Bonchev–Trinajstić information content (AvgIpc) is 2.98. The molecule has 1 aliphatic carbocycles. The SMILES string of the molecule is COc1nc(NS(=O)(=O)c2ccccc2Cl)ccc1/C=C/c1cnc(N[C@H]2CC[C@H](N3CCCCC3)CC2)nc1. The number of piperidine rings is 1. The number of hydrogen-bond donors (Lipinski definition) is 2. The van der Waals surface area contributed by atoms with Gasteiger partial charge in [0.15, 0.2) is 0 Å². The van der Waals surface area contributed by atoms with Gasteiger partial charge < -0.3 is 15.0 Å². The summed E-state index contributed by atoms with van der Waals surface area (Å²) in [7, 11) is -2.42. The molecule has 1 saturated heterocycles. The first-order valence-corrected chi connectivity index (χ1v) is 15.6. The first-order chi connectivity index (χ1) is 19.4. The Labute approximate surface area is 241 Å². The summed E-state index contributed by atoms with van der Waals surface area (Å²) >= 11 is 6.06. The molecule has 5 rings (SSSR count). The summed E-state index contributed by atoms with van der Waals surface area (Å²) in [6.07, 6.45) is 16.0. The molecule has 1 aromatic carbocycles. The van der Waals surface area contributed by atoms with Crippen molar-refractivity contribution < 1.29 is 13.2 Å².